The molecule has 2 aliphatic rings. The molecule has 0 radical (unpaired) electrons. The molecule has 0 aromatic heterocycles. The fourth-order valence-electron chi connectivity index (χ4n) is 5.14. The van der Waals surface area contributed by atoms with E-state index in [4.69, 9.17) is 0 Å². The van der Waals surface area contributed by atoms with Gasteiger partial charge < -0.3 is 4.90 Å². The summed E-state index contributed by atoms with van der Waals surface area (Å²) in [6.45, 7) is 1.98. The zero-order valence-corrected chi connectivity index (χ0v) is 20.1. The van der Waals surface area contributed by atoms with Gasteiger partial charge >= 0.3 is 0 Å². The predicted molar refractivity (Wildman–Crippen MR) is 135 cm³/mol. The minimum absolute atomic E-state index is 0.0454. The number of piperidine rings is 1. The molecule has 0 spiro atoms. The largest absolute Gasteiger partial charge is 0.339 e. The number of carbonyl (C=O) groups is 1. The van der Waals surface area contributed by atoms with Crippen molar-refractivity contribution in [3.05, 3.63) is 95.6 Å². The normalized spacial score (nSPS) is 16.8. The van der Waals surface area contributed by atoms with Crippen LogP contribution in [0.5, 0.6) is 0 Å². The number of likely N-dealkylation sites (tertiary alicyclic amines) is 1. The van der Waals surface area contributed by atoms with Crippen LogP contribution in [0.4, 0.5) is 5.69 Å². The second-order valence-electron chi connectivity index (χ2n) is 9.26. The minimum atomic E-state index is -3.62. The van der Waals surface area contributed by atoms with E-state index < -0.39 is 10.0 Å². The molecule has 5 nitrogen and oxygen atoms in total. The van der Waals surface area contributed by atoms with E-state index in [2.05, 4.69) is 24.3 Å². The second kappa shape index (κ2) is 9.63. The van der Waals surface area contributed by atoms with E-state index in [-0.39, 0.29) is 5.91 Å². The van der Waals surface area contributed by atoms with Gasteiger partial charge in [-0.3, -0.25) is 9.10 Å². The second-order valence-corrected chi connectivity index (χ2v) is 11.1. The molecule has 2 heterocycles. The Labute approximate surface area is 202 Å². The third-order valence-corrected chi connectivity index (χ3v) is 8.83. The molecule has 0 bridgehead atoms. The molecule has 176 valence electrons. The van der Waals surface area contributed by atoms with Gasteiger partial charge in [0.25, 0.3) is 15.9 Å². The highest BCUT2D eigenvalue weighted by atomic mass is 32.2. The Hall–Kier alpha value is -3.12. The number of fused-ring (bicyclic) bond motifs is 1. The van der Waals surface area contributed by atoms with E-state index in [9.17, 15) is 13.2 Å². The fraction of sp³-hybridized carbons (Fsp3) is 0.321. The Morgan fingerprint density at radius 2 is 1.53 bits per heavy atom. The Bertz CT molecular complexity index is 1250. The van der Waals surface area contributed by atoms with Gasteiger partial charge in [-0.2, -0.15) is 0 Å². The van der Waals surface area contributed by atoms with Gasteiger partial charge in [-0.25, -0.2) is 8.42 Å². The highest BCUT2D eigenvalue weighted by molar-refractivity contribution is 7.92. The lowest BCUT2D eigenvalue weighted by Gasteiger charge is -2.33. The van der Waals surface area contributed by atoms with E-state index in [1.807, 2.05) is 29.2 Å². The molecular weight excluding hydrogens is 444 g/mol. The van der Waals surface area contributed by atoms with Crippen LogP contribution in [0.3, 0.4) is 0 Å². The number of rotatable bonds is 5. The van der Waals surface area contributed by atoms with Crippen molar-refractivity contribution in [2.75, 3.05) is 23.9 Å². The summed E-state index contributed by atoms with van der Waals surface area (Å²) in [6.07, 6.45) is 4.59. The van der Waals surface area contributed by atoms with Gasteiger partial charge in [0.05, 0.1) is 10.6 Å². The molecule has 6 heteroatoms. The van der Waals surface area contributed by atoms with Crippen molar-refractivity contribution < 1.29 is 13.2 Å². The van der Waals surface area contributed by atoms with Gasteiger partial charge in [-0.1, -0.05) is 48.5 Å². The lowest BCUT2D eigenvalue weighted by molar-refractivity contribution is 0.0690. The number of hydrogen-bond donors (Lipinski definition) is 0. The molecular formula is C28H30N2O3S. The maximum atomic E-state index is 13.2. The Balaban J connectivity index is 1.28. The molecule has 0 N–H and O–H groups in total. The summed E-state index contributed by atoms with van der Waals surface area (Å²) in [6, 6.07) is 24.6. The van der Waals surface area contributed by atoms with Gasteiger partial charge in [0.1, 0.15) is 0 Å². The first-order valence-electron chi connectivity index (χ1n) is 12.1. The number of nitrogens with zero attached hydrogens (tertiary/aromatic N) is 2. The van der Waals surface area contributed by atoms with Crippen LogP contribution < -0.4 is 4.31 Å². The van der Waals surface area contributed by atoms with Crippen molar-refractivity contribution in [2.45, 2.75) is 37.0 Å². The zero-order valence-electron chi connectivity index (χ0n) is 19.3. The summed E-state index contributed by atoms with van der Waals surface area (Å²) >= 11 is 0. The number of amides is 1. The van der Waals surface area contributed by atoms with Crippen molar-refractivity contribution >= 4 is 21.6 Å². The van der Waals surface area contributed by atoms with Gasteiger partial charge in [0.15, 0.2) is 0 Å². The monoisotopic (exact) mass is 474 g/mol. The van der Waals surface area contributed by atoms with Crippen molar-refractivity contribution in [1.29, 1.82) is 0 Å². The average molecular weight is 475 g/mol. The molecule has 2 aliphatic heterocycles. The van der Waals surface area contributed by atoms with Crippen LogP contribution in [0, 0.1) is 5.92 Å². The molecule has 1 amide bonds. The van der Waals surface area contributed by atoms with Crippen molar-refractivity contribution in [3.8, 4) is 0 Å². The van der Waals surface area contributed by atoms with E-state index >= 15 is 0 Å². The summed E-state index contributed by atoms with van der Waals surface area (Å²) in [5.74, 6) is 0.649. The molecule has 0 unspecified atom stereocenters. The third-order valence-electron chi connectivity index (χ3n) is 7.00. The number of carbonyl (C=O) groups excluding carboxylic acids is 1. The molecule has 0 aliphatic carbocycles. The van der Waals surface area contributed by atoms with E-state index in [0.29, 0.717) is 28.6 Å². The summed E-state index contributed by atoms with van der Waals surface area (Å²) < 4.78 is 27.9. The van der Waals surface area contributed by atoms with E-state index in [0.717, 1.165) is 50.8 Å². The standard InChI is InChI=1S/C28H30N2O3S/c31-28(29-18-15-23(16-19-29)20-22-8-3-1-4-9-22)25-13-14-27-24(21-25)10-7-17-30(27)34(32,33)26-11-5-2-6-12-26/h1-6,8-9,11-14,21,23H,7,10,15-20H2. The van der Waals surface area contributed by atoms with Crippen LogP contribution in [-0.2, 0) is 22.9 Å². The van der Waals surface area contributed by atoms with E-state index in [1.54, 1.807) is 30.3 Å². The number of sulfonamides is 1. The maximum Gasteiger partial charge on any atom is 0.264 e. The lowest BCUT2D eigenvalue weighted by atomic mass is 9.90. The Morgan fingerprint density at radius 1 is 0.853 bits per heavy atom. The number of hydrogen-bond acceptors (Lipinski definition) is 3. The minimum Gasteiger partial charge on any atom is -0.339 e. The maximum absolute atomic E-state index is 13.2. The van der Waals surface area contributed by atoms with Gasteiger partial charge in [-0.15, -0.1) is 0 Å². The Morgan fingerprint density at radius 3 is 2.24 bits per heavy atom. The van der Waals surface area contributed by atoms with Crippen LogP contribution in [0.25, 0.3) is 0 Å². The summed E-state index contributed by atoms with van der Waals surface area (Å²) in [7, 11) is -3.62. The number of anilines is 1. The molecule has 3 aromatic carbocycles. The predicted octanol–water partition coefficient (Wildman–Crippen LogP) is 4.92. The zero-order chi connectivity index (χ0) is 23.5. The summed E-state index contributed by atoms with van der Waals surface area (Å²) in [4.78, 5) is 15.5. The highest BCUT2D eigenvalue weighted by Crippen LogP contribution is 2.33. The first-order chi connectivity index (χ1) is 16.5. The molecule has 1 fully saturated rings. The highest BCUT2D eigenvalue weighted by Gasteiger charge is 2.30. The van der Waals surface area contributed by atoms with Crippen LogP contribution in [0.1, 0.15) is 40.7 Å². The van der Waals surface area contributed by atoms with Crippen LogP contribution >= 0.6 is 0 Å². The fourth-order valence-corrected chi connectivity index (χ4v) is 6.70. The molecule has 1 saturated heterocycles. The third kappa shape index (κ3) is 4.60. The van der Waals surface area contributed by atoms with Crippen LogP contribution in [0.2, 0.25) is 0 Å². The van der Waals surface area contributed by atoms with Gasteiger partial charge in [0, 0.05) is 25.2 Å². The molecule has 3 aromatic rings. The number of benzene rings is 3. The smallest absolute Gasteiger partial charge is 0.264 e. The van der Waals surface area contributed by atoms with Crippen LogP contribution in [-0.4, -0.2) is 38.9 Å². The topological polar surface area (TPSA) is 57.7 Å². The molecule has 34 heavy (non-hydrogen) atoms. The number of aryl methyl sites for hydroxylation is 1. The van der Waals surface area contributed by atoms with E-state index in [1.165, 1.54) is 9.87 Å². The molecule has 0 atom stereocenters. The van der Waals surface area contributed by atoms with Crippen molar-refractivity contribution in [3.63, 3.8) is 0 Å². The van der Waals surface area contributed by atoms with Crippen molar-refractivity contribution in [2.24, 2.45) is 5.92 Å². The molecule has 0 saturated carbocycles. The SMILES string of the molecule is O=C(c1ccc2c(c1)CCCN2S(=O)(=O)c1ccccc1)N1CCC(Cc2ccccc2)CC1. The van der Waals surface area contributed by atoms with Crippen LogP contribution in [0.15, 0.2) is 83.8 Å². The van der Waals surface area contributed by atoms with Gasteiger partial charge in [0.2, 0.25) is 0 Å². The first kappa shape index (κ1) is 22.7. The Kier molecular flexibility index (Phi) is 6.42. The summed E-state index contributed by atoms with van der Waals surface area (Å²) in [5.41, 5.74) is 3.62. The molecule has 5 rings (SSSR count). The van der Waals surface area contributed by atoms with Crippen molar-refractivity contribution in [1.82, 2.24) is 4.90 Å². The van der Waals surface area contributed by atoms with Gasteiger partial charge in [-0.05, 0) is 79.5 Å². The first-order valence-corrected chi connectivity index (χ1v) is 13.5. The average Bonchev–Trinajstić information content (AvgIpc) is 2.89. The summed E-state index contributed by atoms with van der Waals surface area (Å²) in [5, 5.41) is 0. The quantitative estimate of drug-likeness (QED) is 0.527. The lowest BCUT2D eigenvalue weighted by Crippen LogP contribution is -2.39.